The Kier molecular flexibility index (Phi) is 8.50. The van der Waals surface area contributed by atoms with E-state index < -0.39 is 16.1 Å². The zero-order valence-corrected chi connectivity index (χ0v) is 21.5. The lowest BCUT2D eigenvalue weighted by Crippen LogP contribution is -2.48. The minimum absolute atomic E-state index is 0.215. The van der Waals surface area contributed by atoms with Crippen LogP contribution >= 0.6 is 0 Å². The van der Waals surface area contributed by atoms with Gasteiger partial charge in [-0.3, -0.25) is 4.79 Å². The number of nitrogens with one attached hydrogen (secondary N) is 2. The molecule has 37 heavy (non-hydrogen) atoms. The smallest absolute Gasteiger partial charge is 0.247 e. The van der Waals surface area contributed by atoms with E-state index >= 15 is 0 Å². The zero-order chi connectivity index (χ0) is 26.3. The van der Waals surface area contributed by atoms with Crippen LogP contribution in [0.5, 0.6) is 0 Å². The van der Waals surface area contributed by atoms with Gasteiger partial charge in [0.05, 0.1) is 29.8 Å². The van der Waals surface area contributed by atoms with E-state index in [0.717, 1.165) is 16.8 Å². The highest BCUT2D eigenvalue weighted by Crippen LogP contribution is 2.20. The summed E-state index contributed by atoms with van der Waals surface area (Å²) >= 11 is 0. The SMILES string of the molecule is CS(=O)(=O)N1CCN(c2ccc(NC(=O)[C@@H](NCCc3ccc(C#N)cc3)c3ccccc3)nc2)CC1. The monoisotopic (exact) mass is 518 g/mol. The lowest BCUT2D eigenvalue weighted by Gasteiger charge is -2.34. The Labute approximate surface area is 217 Å². The summed E-state index contributed by atoms with van der Waals surface area (Å²) < 4.78 is 24.9. The summed E-state index contributed by atoms with van der Waals surface area (Å²) in [4.78, 5) is 19.7. The molecule has 2 heterocycles. The molecule has 2 N–H and O–H groups in total. The van der Waals surface area contributed by atoms with Crippen LogP contribution in [0.25, 0.3) is 0 Å². The maximum absolute atomic E-state index is 13.2. The first-order chi connectivity index (χ1) is 17.8. The van der Waals surface area contributed by atoms with Crippen LogP contribution in [-0.2, 0) is 21.2 Å². The third-order valence-electron chi connectivity index (χ3n) is 6.31. The number of benzene rings is 2. The summed E-state index contributed by atoms with van der Waals surface area (Å²) in [6.45, 7) is 2.61. The van der Waals surface area contributed by atoms with Crippen molar-refractivity contribution in [3.05, 3.63) is 89.6 Å². The van der Waals surface area contributed by atoms with Crippen molar-refractivity contribution in [2.24, 2.45) is 0 Å². The molecule has 1 saturated heterocycles. The Morgan fingerprint density at radius 1 is 1.03 bits per heavy atom. The normalized spacial score (nSPS) is 15.1. The molecule has 0 aliphatic carbocycles. The van der Waals surface area contributed by atoms with Crippen LogP contribution in [0.1, 0.15) is 22.7 Å². The average molecular weight is 519 g/mol. The minimum Gasteiger partial charge on any atom is -0.368 e. The fourth-order valence-corrected chi connectivity index (χ4v) is 5.06. The molecule has 192 valence electrons. The molecule has 2 aromatic carbocycles. The second-order valence-corrected chi connectivity index (χ2v) is 10.9. The van der Waals surface area contributed by atoms with Gasteiger partial charge in [-0.1, -0.05) is 42.5 Å². The van der Waals surface area contributed by atoms with E-state index in [1.165, 1.54) is 10.6 Å². The highest BCUT2D eigenvalue weighted by atomic mass is 32.2. The molecular formula is C27H30N6O3S. The van der Waals surface area contributed by atoms with Gasteiger partial charge in [0, 0.05) is 32.7 Å². The van der Waals surface area contributed by atoms with Crippen LogP contribution in [-0.4, -0.2) is 62.6 Å². The number of anilines is 2. The molecular weight excluding hydrogens is 488 g/mol. The third kappa shape index (κ3) is 7.13. The molecule has 1 aliphatic rings. The van der Waals surface area contributed by atoms with E-state index in [4.69, 9.17) is 5.26 Å². The van der Waals surface area contributed by atoms with Crippen molar-refractivity contribution in [2.45, 2.75) is 12.5 Å². The predicted octanol–water partition coefficient (Wildman–Crippen LogP) is 2.55. The lowest BCUT2D eigenvalue weighted by molar-refractivity contribution is -0.118. The largest absolute Gasteiger partial charge is 0.368 e. The maximum atomic E-state index is 13.2. The van der Waals surface area contributed by atoms with Crippen molar-refractivity contribution in [2.75, 3.05) is 49.2 Å². The van der Waals surface area contributed by atoms with Gasteiger partial charge in [-0.25, -0.2) is 13.4 Å². The first-order valence-electron chi connectivity index (χ1n) is 12.1. The number of amides is 1. The van der Waals surface area contributed by atoms with Gasteiger partial charge in [0.2, 0.25) is 15.9 Å². The second-order valence-electron chi connectivity index (χ2n) is 8.90. The van der Waals surface area contributed by atoms with Crippen LogP contribution in [0.2, 0.25) is 0 Å². The zero-order valence-electron chi connectivity index (χ0n) is 20.7. The number of carbonyl (C=O) groups excluding carboxylic acids is 1. The van der Waals surface area contributed by atoms with E-state index in [1.54, 1.807) is 24.4 Å². The molecule has 0 saturated carbocycles. The quantitative estimate of drug-likeness (QED) is 0.447. The highest BCUT2D eigenvalue weighted by Gasteiger charge is 2.24. The van der Waals surface area contributed by atoms with E-state index in [-0.39, 0.29) is 5.91 Å². The standard InChI is InChI=1S/C27H30N6O3S/c1-37(35,36)33-17-15-32(16-18-33)24-11-12-25(30-20-24)31-27(34)26(23-5-3-2-4-6-23)29-14-13-21-7-9-22(19-28)10-8-21/h2-12,20,26,29H,13-18H2,1H3,(H,30,31,34)/t26-/m0/s1. The fourth-order valence-electron chi connectivity index (χ4n) is 4.24. The Bertz CT molecular complexity index is 1330. The molecule has 1 aromatic heterocycles. The fraction of sp³-hybridized carbons (Fsp3) is 0.296. The third-order valence-corrected chi connectivity index (χ3v) is 7.62. The molecule has 1 fully saturated rings. The summed E-state index contributed by atoms with van der Waals surface area (Å²) in [5.41, 5.74) is 3.42. The van der Waals surface area contributed by atoms with Crippen LogP contribution in [0.3, 0.4) is 0 Å². The van der Waals surface area contributed by atoms with Crippen LogP contribution in [0, 0.1) is 11.3 Å². The van der Waals surface area contributed by atoms with E-state index in [0.29, 0.717) is 50.5 Å². The Hall–Kier alpha value is -3.78. The lowest BCUT2D eigenvalue weighted by atomic mass is 10.1. The molecule has 9 nitrogen and oxygen atoms in total. The Morgan fingerprint density at radius 2 is 1.73 bits per heavy atom. The number of hydrogen-bond donors (Lipinski definition) is 2. The van der Waals surface area contributed by atoms with Crippen LogP contribution < -0.4 is 15.5 Å². The van der Waals surface area contributed by atoms with Crippen LogP contribution in [0.15, 0.2) is 72.9 Å². The topological polar surface area (TPSA) is 118 Å². The minimum atomic E-state index is -3.18. The first-order valence-corrected chi connectivity index (χ1v) is 13.9. The summed E-state index contributed by atoms with van der Waals surface area (Å²) in [6, 6.07) is 22.1. The predicted molar refractivity (Wildman–Crippen MR) is 144 cm³/mol. The summed E-state index contributed by atoms with van der Waals surface area (Å²) in [5.74, 6) is 0.228. The van der Waals surface area contributed by atoms with E-state index in [1.807, 2.05) is 48.5 Å². The molecule has 0 radical (unpaired) electrons. The van der Waals surface area contributed by atoms with Gasteiger partial charge in [-0.15, -0.1) is 0 Å². The van der Waals surface area contributed by atoms with Crippen molar-refractivity contribution in [3.63, 3.8) is 0 Å². The maximum Gasteiger partial charge on any atom is 0.247 e. The van der Waals surface area contributed by atoms with Gasteiger partial charge >= 0.3 is 0 Å². The van der Waals surface area contributed by atoms with E-state index in [9.17, 15) is 13.2 Å². The summed E-state index contributed by atoms with van der Waals surface area (Å²) in [7, 11) is -3.18. The van der Waals surface area contributed by atoms with Crippen molar-refractivity contribution < 1.29 is 13.2 Å². The molecule has 10 heteroatoms. The summed E-state index contributed by atoms with van der Waals surface area (Å²) in [6.07, 6.45) is 3.63. The molecule has 0 bridgehead atoms. The molecule has 1 atom stereocenters. The van der Waals surface area contributed by atoms with Crippen molar-refractivity contribution in [3.8, 4) is 6.07 Å². The van der Waals surface area contributed by atoms with Crippen molar-refractivity contribution >= 4 is 27.4 Å². The Morgan fingerprint density at radius 3 is 2.32 bits per heavy atom. The van der Waals surface area contributed by atoms with Gasteiger partial charge in [0.25, 0.3) is 0 Å². The number of nitriles is 1. The van der Waals surface area contributed by atoms with Crippen LogP contribution in [0.4, 0.5) is 11.5 Å². The van der Waals surface area contributed by atoms with Gasteiger partial charge in [0.15, 0.2) is 0 Å². The molecule has 4 rings (SSSR count). The van der Waals surface area contributed by atoms with Gasteiger partial charge in [-0.05, 0) is 41.8 Å². The number of sulfonamides is 1. The number of hydrogen-bond acceptors (Lipinski definition) is 7. The number of carbonyl (C=O) groups is 1. The van der Waals surface area contributed by atoms with Crippen molar-refractivity contribution in [1.82, 2.24) is 14.6 Å². The highest BCUT2D eigenvalue weighted by molar-refractivity contribution is 7.88. The average Bonchev–Trinajstić information content (AvgIpc) is 2.92. The van der Waals surface area contributed by atoms with E-state index in [2.05, 4.69) is 26.6 Å². The number of pyridine rings is 1. The van der Waals surface area contributed by atoms with Gasteiger partial charge < -0.3 is 15.5 Å². The van der Waals surface area contributed by atoms with Gasteiger partial charge in [-0.2, -0.15) is 9.57 Å². The molecule has 1 aliphatic heterocycles. The number of nitrogens with zero attached hydrogens (tertiary/aromatic N) is 4. The first kappa shape index (κ1) is 26.3. The molecule has 3 aromatic rings. The molecule has 0 spiro atoms. The van der Waals surface area contributed by atoms with Crippen molar-refractivity contribution in [1.29, 1.82) is 5.26 Å². The summed E-state index contributed by atoms with van der Waals surface area (Å²) in [5, 5.41) is 15.2. The molecule has 0 unspecified atom stereocenters. The Balaban J connectivity index is 1.37. The second kappa shape index (κ2) is 12.0. The number of rotatable bonds is 9. The van der Waals surface area contributed by atoms with Gasteiger partial charge in [0.1, 0.15) is 11.9 Å². The number of piperazine rings is 1. The molecule has 1 amide bonds. The number of aromatic nitrogens is 1.